The van der Waals surface area contributed by atoms with E-state index in [4.69, 9.17) is 10.5 Å². The van der Waals surface area contributed by atoms with E-state index in [1.165, 1.54) is 16.4 Å². The zero-order valence-corrected chi connectivity index (χ0v) is 17.3. The number of nitrogens with two attached hydrogens (primary N) is 1. The average Bonchev–Trinajstić information content (AvgIpc) is 3.09. The van der Waals surface area contributed by atoms with Crippen molar-refractivity contribution in [1.29, 1.82) is 0 Å². The van der Waals surface area contributed by atoms with Gasteiger partial charge in [-0.05, 0) is 51.0 Å². The molecule has 2 aliphatic heterocycles. The van der Waals surface area contributed by atoms with E-state index in [-0.39, 0.29) is 41.5 Å². The van der Waals surface area contributed by atoms with E-state index in [0.717, 1.165) is 12.8 Å². The molecule has 7 nitrogen and oxygen atoms in total. The molecule has 0 aromatic heterocycles. The van der Waals surface area contributed by atoms with Gasteiger partial charge >= 0.3 is 0 Å². The first-order chi connectivity index (χ1) is 12.3. The third-order valence-electron chi connectivity index (χ3n) is 5.04. The Labute approximate surface area is 167 Å². The number of amides is 1. The summed E-state index contributed by atoms with van der Waals surface area (Å²) in [6.45, 7) is 5.54. The van der Waals surface area contributed by atoms with E-state index in [2.05, 4.69) is 0 Å². The lowest BCUT2D eigenvalue weighted by Gasteiger charge is -2.34. The molecule has 0 bridgehead atoms. The fourth-order valence-corrected chi connectivity index (χ4v) is 5.35. The number of morpholine rings is 1. The molecule has 1 aromatic rings. The van der Waals surface area contributed by atoms with Crippen LogP contribution < -0.4 is 5.73 Å². The smallest absolute Gasteiger partial charge is 0.254 e. The molecule has 27 heavy (non-hydrogen) atoms. The molecular formula is C18H28ClN3O4S. The number of likely N-dealkylation sites (tertiary alicyclic amines) is 1. The Morgan fingerprint density at radius 2 is 1.78 bits per heavy atom. The molecule has 0 spiro atoms. The lowest BCUT2D eigenvalue weighted by atomic mass is 10.1. The Bertz CT molecular complexity index is 746. The van der Waals surface area contributed by atoms with Gasteiger partial charge in [-0.25, -0.2) is 8.42 Å². The molecule has 9 heteroatoms. The zero-order valence-electron chi connectivity index (χ0n) is 15.7. The van der Waals surface area contributed by atoms with Crippen molar-refractivity contribution in [3.05, 3.63) is 29.8 Å². The maximum absolute atomic E-state index is 12.9. The van der Waals surface area contributed by atoms with Crippen molar-refractivity contribution in [2.75, 3.05) is 26.2 Å². The normalized spacial score (nSPS) is 26.6. The molecule has 152 valence electrons. The predicted molar refractivity (Wildman–Crippen MR) is 106 cm³/mol. The first-order valence-electron chi connectivity index (χ1n) is 9.09. The first-order valence-corrected chi connectivity index (χ1v) is 10.5. The van der Waals surface area contributed by atoms with Gasteiger partial charge in [-0.15, -0.1) is 12.4 Å². The number of benzene rings is 1. The number of sulfonamides is 1. The van der Waals surface area contributed by atoms with E-state index in [1.54, 1.807) is 17.0 Å². The number of ether oxygens (including phenoxy) is 1. The molecule has 2 fully saturated rings. The van der Waals surface area contributed by atoms with Gasteiger partial charge in [0.25, 0.3) is 5.91 Å². The molecule has 3 rings (SSSR count). The van der Waals surface area contributed by atoms with Gasteiger partial charge in [0.15, 0.2) is 0 Å². The van der Waals surface area contributed by atoms with Crippen molar-refractivity contribution in [1.82, 2.24) is 9.21 Å². The van der Waals surface area contributed by atoms with Crippen LogP contribution in [0.2, 0.25) is 0 Å². The van der Waals surface area contributed by atoms with Gasteiger partial charge in [-0.2, -0.15) is 4.31 Å². The second kappa shape index (κ2) is 8.87. The largest absolute Gasteiger partial charge is 0.373 e. The van der Waals surface area contributed by atoms with Crippen LogP contribution in [0.3, 0.4) is 0 Å². The number of halogens is 1. The van der Waals surface area contributed by atoms with E-state index in [1.807, 2.05) is 13.8 Å². The summed E-state index contributed by atoms with van der Waals surface area (Å²) in [7, 11) is -3.60. The quantitative estimate of drug-likeness (QED) is 0.800. The van der Waals surface area contributed by atoms with Gasteiger partial charge in [0, 0.05) is 37.8 Å². The third-order valence-corrected chi connectivity index (χ3v) is 6.88. The average molecular weight is 418 g/mol. The number of carbonyl (C=O) groups excluding carboxylic acids is 1. The summed E-state index contributed by atoms with van der Waals surface area (Å²) >= 11 is 0. The topological polar surface area (TPSA) is 92.9 Å². The summed E-state index contributed by atoms with van der Waals surface area (Å²) in [5.41, 5.74) is 6.23. The molecule has 1 amide bonds. The SMILES string of the molecule is CC1CN(S(=O)(=O)c2ccc(C(=O)N3CCCC3CN)cc2)CC(C)O1.Cl. The van der Waals surface area contributed by atoms with E-state index in [9.17, 15) is 13.2 Å². The Morgan fingerprint density at radius 1 is 1.19 bits per heavy atom. The van der Waals surface area contributed by atoms with E-state index < -0.39 is 10.0 Å². The maximum atomic E-state index is 12.9. The second-order valence-corrected chi connectivity index (χ2v) is 9.07. The predicted octanol–water partition coefficient (Wildman–Crippen LogP) is 1.47. The van der Waals surface area contributed by atoms with Crippen molar-refractivity contribution < 1.29 is 17.9 Å². The second-order valence-electron chi connectivity index (χ2n) is 7.13. The Kier molecular flexibility index (Phi) is 7.27. The molecule has 2 N–H and O–H groups in total. The third kappa shape index (κ3) is 4.63. The zero-order chi connectivity index (χ0) is 18.9. The number of hydrogen-bond acceptors (Lipinski definition) is 5. The van der Waals surface area contributed by atoms with Crippen molar-refractivity contribution in [2.24, 2.45) is 5.73 Å². The molecular weight excluding hydrogens is 390 g/mol. The van der Waals surface area contributed by atoms with Crippen LogP contribution in [0.15, 0.2) is 29.2 Å². The highest BCUT2D eigenvalue weighted by Gasteiger charge is 2.33. The molecule has 1 aromatic carbocycles. The number of rotatable bonds is 4. The Hall–Kier alpha value is -1.19. The van der Waals surface area contributed by atoms with Gasteiger partial charge in [0.05, 0.1) is 17.1 Å². The van der Waals surface area contributed by atoms with Gasteiger partial charge in [0.2, 0.25) is 10.0 Å². The minimum Gasteiger partial charge on any atom is -0.373 e. The molecule has 3 atom stereocenters. The van der Waals surface area contributed by atoms with Crippen LogP contribution in [-0.4, -0.2) is 68.0 Å². The molecule has 0 radical (unpaired) electrons. The van der Waals surface area contributed by atoms with Gasteiger partial charge < -0.3 is 15.4 Å². The van der Waals surface area contributed by atoms with Gasteiger partial charge in [-0.1, -0.05) is 0 Å². The molecule has 3 unspecified atom stereocenters. The molecule has 0 saturated carbocycles. The fraction of sp³-hybridized carbons (Fsp3) is 0.611. The highest BCUT2D eigenvalue weighted by atomic mass is 35.5. The van der Waals surface area contributed by atoms with Crippen LogP contribution in [-0.2, 0) is 14.8 Å². The highest BCUT2D eigenvalue weighted by molar-refractivity contribution is 7.89. The first kappa shape index (κ1) is 22.1. The van der Waals surface area contributed by atoms with Crippen LogP contribution >= 0.6 is 12.4 Å². The summed E-state index contributed by atoms with van der Waals surface area (Å²) in [5, 5.41) is 0. The summed E-state index contributed by atoms with van der Waals surface area (Å²) < 4.78 is 32.8. The van der Waals surface area contributed by atoms with Crippen LogP contribution in [0.25, 0.3) is 0 Å². The van der Waals surface area contributed by atoms with E-state index >= 15 is 0 Å². The van der Waals surface area contributed by atoms with Gasteiger partial charge in [0.1, 0.15) is 0 Å². The van der Waals surface area contributed by atoms with Crippen molar-refractivity contribution in [3.8, 4) is 0 Å². The van der Waals surface area contributed by atoms with Crippen LogP contribution in [0.1, 0.15) is 37.0 Å². The standard InChI is InChI=1S/C18H27N3O4S.ClH/c1-13-11-20(12-14(2)25-13)26(23,24)17-7-5-15(6-8-17)18(22)21-9-3-4-16(21)10-19;/h5-8,13-14,16H,3-4,9-12,19H2,1-2H3;1H. The summed E-state index contributed by atoms with van der Waals surface area (Å²) in [6.07, 6.45) is 1.59. The Balaban J connectivity index is 0.00000261. The van der Waals surface area contributed by atoms with Gasteiger partial charge in [-0.3, -0.25) is 4.79 Å². The lowest BCUT2D eigenvalue weighted by Crippen LogP contribution is -2.48. The summed E-state index contributed by atoms with van der Waals surface area (Å²) in [5.74, 6) is -0.0875. The fourth-order valence-electron chi connectivity index (χ4n) is 3.76. The molecule has 0 aliphatic carbocycles. The van der Waals surface area contributed by atoms with Crippen LogP contribution in [0.5, 0.6) is 0 Å². The van der Waals surface area contributed by atoms with Crippen molar-refractivity contribution in [3.63, 3.8) is 0 Å². The number of carbonyl (C=O) groups is 1. The maximum Gasteiger partial charge on any atom is 0.254 e. The lowest BCUT2D eigenvalue weighted by molar-refractivity contribution is -0.0440. The molecule has 2 saturated heterocycles. The van der Waals surface area contributed by atoms with E-state index in [0.29, 0.717) is 31.7 Å². The summed E-state index contributed by atoms with van der Waals surface area (Å²) in [6, 6.07) is 6.28. The van der Waals surface area contributed by atoms with Crippen molar-refractivity contribution >= 4 is 28.3 Å². The number of hydrogen-bond donors (Lipinski definition) is 1. The highest BCUT2D eigenvalue weighted by Crippen LogP contribution is 2.23. The molecule has 2 aliphatic rings. The monoisotopic (exact) mass is 417 g/mol. The van der Waals surface area contributed by atoms with Crippen LogP contribution in [0, 0.1) is 0 Å². The molecule has 2 heterocycles. The minimum absolute atomic E-state index is 0. The number of nitrogens with zero attached hydrogens (tertiary/aromatic N) is 2. The van der Waals surface area contributed by atoms with Crippen molar-refractivity contribution in [2.45, 2.75) is 49.8 Å². The minimum atomic E-state index is -3.60. The summed E-state index contributed by atoms with van der Waals surface area (Å²) in [4.78, 5) is 14.6. The van der Waals surface area contributed by atoms with Crippen LogP contribution in [0.4, 0.5) is 0 Å². The Morgan fingerprint density at radius 3 is 2.33 bits per heavy atom.